The van der Waals surface area contributed by atoms with E-state index in [4.69, 9.17) is 0 Å². The Kier molecular flexibility index (Phi) is 5.37. The van der Waals surface area contributed by atoms with Gasteiger partial charge in [0.15, 0.2) is 5.69 Å². The summed E-state index contributed by atoms with van der Waals surface area (Å²) in [5.74, 6) is -1.46. The summed E-state index contributed by atoms with van der Waals surface area (Å²) < 4.78 is 42.3. The molecule has 0 radical (unpaired) electrons. The van der Waals surface area contributed by atoms with E-state index in [1.807, 2.05) is 0 Å². The van der Waals surface area contributed by atoms with Crippen LogP contribution in [0.5, 0.6) is 0 Å². The van der Waals surface area contributed by atoms with Crippen LogP contribution < -0.4 is 10.6 Å². The van der Waals surface area contributed by atoms with Crippen molar-refractivity contribution in [3.63, 3.8) is 0 Å². The molecule has 0 aromatic carbocycles. The lowest BCUT2D eigenvalue weighted by atomic mass is 10.3. The van der Waals surface area contributed by atoms with Crippen molar-refractivity contribution in [1.82, 2.24) is 29.3 Å². The normalized spacial score (nSPS) is 11.6. The summed E-state index contributed by atoms with van der Waals surface area (Å²) in [6.45, 7) is 3.84. The highest BCUT2D eigenvalue weighted by Crippen LogP contribution is 2.29. The summed E-state index contributed by atoms with van der Waals surface area (Å²) in [6.07, 6.45) is -1.93. The minimum Gasteiger partial charge on any atom is -0.318 e. The number of amides is 2. The molecule has 0 aliphatic carbocycles. The molecular weight excluding hydrogens is 405 g/mol. The summed E-state index contributed by atoms with van der Waals surface area (Å²) in [5.41, 5.74) is -0.237. The number of aromatic nitrogens is 6. The van der Waals surface area contributed by atoms with Crippen LogP contribution in [0, 0.1) is 6.92 Å². The molecule has 0 spiro atoms. The van der Waals surface area contributed by atoms with Crippen molar-refractivity contribution < 1.29 is 22.8 Å². The first-order valence-corrected chi connectivity index (χ1v) is 8.81. The van der Waals surface area contributed by atoms with Crippen LogP contribution in [0.25, 0.3) is 0 Å². The molecule has 0 unspecified atom stereocenters. The lowest BCUT2D eigenvalue weighted by Gasteiger charge is -2.09. The van der Waals surface area contributed by atoms with E-state index in [9.17, 15) is 22.8 Å². The van der Waals surface area contributed by atoms with E-state index in [-0.39, 0.29) is 11.4 Å². The number of carbonyl (C=O) groups is 2. The number of nitrogens with one attached hydrogen (secondary N) is 2. The SMILES string of the molecule is CCn1ncc(NC(=O)c2cc(C(F)(F)F)n(C)n2)c1C(=O)Nc1cnn(C)c1C. The zero-order valence-electron chi connectivity index (χ0n) is 16.6. The maximum atomic E-state index is 12.9. The van der Waals surface area contributed by atoms with E-state index in [1.54, 1.807) is 25.6 Å². The average Bonchev–Trinajstić information content (AvgIpc) is 3.34. The van der Waals surface area contributed by atoms with Crippen LogP contribution in [-0.4, -0.2) is 41.2 Å². The Morgan fingerprint density at radius 1 is 1.03 bits per heavy atom. The summed E-state index contributed by atoms with van der Waals surface area (Å²) in [7, 11) is 2.80. The van der Waals surface area contributed by atoms with E-state index in [2.05, 4.69) is 25.9 Å². The molecule has 0 atom stereocenters. The molecule has 160 valence electrons. The van der Waals surface area contributed by atoms with Crippen LogP contribution in [0.4, 0.5) is 24.5 Å². The highest BCUT2D eigenvalue weighted by atomic mass is 19.4. The molecule has 0 saturated heterocycles. The number of hydrogen-bond acceptors (Lipinski definition) is 5. The van der Waals surface area contributed by atoms with Gasteiger partial charge in [-0.2, -0.15) is 28.5 Å². The minimum atomic E-state index is -4.65. The van der Waals surface area contributed by atoms with E-state index in [1.165, 1.54) is 17.1 Å². The van der Waals surface area contributed by atoms with E-state index in [0.29, 0.717) is 28.7 Å². The fourth-order valence-electron chi connectivity index (χ4n) is 2.79. The Balaban J connectivity index is 1.87. The van der Waals surface area contributed by atoms with E-state index >= 15 is 0 Å². The van der Waals surface area contributed by atoms with Gasteiger partial charge in [-0.3, -0.25) is 23.6 Å². The van der Waals surface area contributed by atoms with E-state index in [0.717, 1.165) is 7.05 Å². The first kappa shape index (κ1) is 21.1. The number of nitrogens with zero attached hydrogens (tertiary/aromatic N) is 6. The van der Waals surface area contributed by atoms with Crippen LogP contribution in [0.1, 0.15) is 39.3 Å². The fourth-order valence-corrected chi connectivity index (χ4v) is 2.79. The van der Waals surface area contributed by atoms with Crippen molar-refractivity contribution in [2.75, 3.05) is 10.6 Å². The lowest BCUT2D eigenvalue weighted by Crippen LogP contribution is -2.21. The van der Waals surface area contributed by atoms with Gasteiger partial charge in [-0.15, -0.1) is 0 Å². The smallest absolute Gasteiger partial charge is 0.318 e. The van der Waals surface area contributed by atoms with Crippen molar-refractivity contribution in [3.8, 4) is 0 Å². The molecule has 0 bridgehead atoms. The Morgan fingerprint density at radius 2 is 1.67 bits per heavy atom. The fraction of sp³-hybridized carbons (Fsp3) is 0.353. The Morgan fingerprint density at radius 3 is 2.20 bits per heavy atom. The number of aryl methyl sites for hydroxylation is 3. The molecule has 0 aliphatic rings. The predicted octanol–water partition coefficient (Wildman–Crippen LogP) is 2.20. The molecule has 3 aromatic heterocycles. The van der Waals surface area contributed by atoms with Crippen LogP contribution in [0.2, 0.25) is 0 Å². The largest absolute Gasteiger partial charge is 0.433 e. The first-order chi connectivity index (χ1) is 14.0. The molecule has 0 saturated carbocycles. The Hall–Kier alpha value is -3.64. The highest BCUT2D eigenvalue weighted by molar-refractivity contribution is 6.11. The third-order valence-corrected chi connectivity index (χ3v) is 4.49. The van der Waals surface area contributed by atoms with Crippen LogP contribution in [-0.2, 0) is 26.8 Å². The molecule has 3 rings (SSSR count). The molecule has 0 fully saturated rings. The number of alkyl halides is 3. The molecule has 3 aromatic rings. The van der Waals surface area contributed by atoms with Gasteiger partial charge in [-0.1, -0.05) is 0 Å². The lowest BCUT2D eigenvalue weighted by molar-refractivity contribution is -0.143. The molecule has 13 heteroatoms. The van der Waals surface area contributed by atoms with Gasteiger partial charge < -0.3 is 10.6 Å². The number of halogens is 3. The first-order valence-electron chi connectivity index (χ1n) is 8.81. The van der Waals surface area contributed by atoms with Crippen molar-refractivity contribution in [3.05, 3.63) is 41.2 Å². The predicted molar refractivity (Wildman–Crippen MR) is 100.0 cm³/mol. The highest BCUT2D eigenvalue weighted by Gasteiger charge is 2.36. The van der Waals surface area contributed by atoms with Crippen molar-refractivity contribution >= 4 is 23.2 Å². The van der Waals surface area contributed by atoms with Gasteiger partial charge in [0.05, 0.1) is 29.5 Å². The van der Waals surface area contributed by atoms with Gasteiger partial charge in [0.2, 0.25) is 0 Å². The third-order valence-electron chi connectivity index (χ3n) is 4.49. The maximum Gasteiger partial charge on any atom is 0.433 e. The molecule has 0 aliphatic heterocycles. The number of carbonyl (C=O) groups excluding carboxylic acids is 2. The number of hydrogen-bond donors (Lipinski definition) is 2. The standard InChI is InChI=1S/C17H19F3N8O2/c1-5-28-14(16(30)23-11-7-21-26(3)9(11)2)12(8-22-28)24-15(29)10-6-13(17(18,19)20)27(4)25-10/h6-8H,5H2,1-4H3,(H,23,30)(H,24,29). The van der Waals surface area contributed by atoms with Gasteiger partial charge in [-0.25, -0.2) is 0 Å². The van der Waals surface area contributed by atoms with Gasteiger partial charge >= 0.3 is 6.18 Å². The van der Waals surface area contributed by atoms with Crippen LogP contribution in [0.15, 0.2) is 18.5 Å². The second-order valence-corrected chi connectivity index (χ2v) is 6.43. The van der Waals surface area contributed by atoms with E-state index < -0.39 is 29.4 Å². The van der Waals surface area contributed by atoms with Crippen molar-refractivity contribution in [2.45, 2.75) is 26.6 Å². The molecule has 3 heterocycles. The second kappa shape index (κ2) is 7.65. The second-order valence-electron chi connectivity index (χ2n) is 6.43. The zero-order valence-corrected chi connectivity index (χ0v) is 16.6. The number of anilines is 2. The molecule has 2 N–H and O–H groups in total. The Bertz CT molecular complexity index is 1110. The average molecular weight is 424 g/mol. The van der Waals surface area contributed by atoms with Crippen molar-refractivity contribution in [2.24, 2.45) is 14.1 Å². The van der Waals surface area contributed by atoms with Crippen LogP contribution in [0.3, 0.4) is 0 Å². The third kappa shape index (κ3) is 3.90. The molecule has 30 heavy (non-hydrogen) atoms. The monoisotopic (exact) mass is 424 g/mol. The number of rotatable bonds is 5. The van der Waals surface area contributed by atoms with Crippen LogP contribution >= 0.6 is 0 Å². The summed E-state index contributed by atoms with van der Waals surface area (Å²) >= 11 is 0. The van der Waals surface area contributed by atoms with Gasteiger partial charge in [0.1, 0.15) is 11.4 Å². The maximum absolute atomic E-state index is 12.9. The van der Waals surface area contributed by atoms with Crippen molar-refractivity contribution in [1.29, 1.82) is 0 Å². The summed E-state index contributed by atoms with van der Waals surface area (Å²) in [4.78, 5) is 25.3. The van der Waals surface area contributed by atoms with Gasteiger partial charge in [0.25, 0.3) is 11.8 Å². The quantitative estimate of drug-likeness (QED) is 0.652. The topological polar surface area (TPSA) is 112 Å². The Labute approximate surface area is 168 Å². The molecule has 10 nitrogen and oxygen atoms in total. The summed E-state index contributed by atoms with van der Waals surface area (Å²) in [6, 6.07) is 0.637. The minimum absolute atomic E-state index is 0.0418. The zero-order chi connectivity index (χ0) is 22.2. The molecular formula is C17H19F3N8O2. The molecule has 2 amide bonds. The van der Waals surface area contributed by atoms with Gasteiger partial charge in [0, 0.05) is 26.7 Å². The summed E-state index contributed by atoms with van der Waals surface area (Å²) in [5, 5.41) is 16.8. The van der Waals surface area contributed by atoms with Gasteiger partial charge in [-0.05, 0) is 13.8 Å².